The third kappa shape index (κ3) is 3.77. The van der Waals surface area contributed by atoms with Crippen LogP contribution in [-0.2, 0) is 9.53 Å². The number of ether oxygens (including phenoxy) is 1. The van der Waals surface area contributed by atoms with Crippen LogP contribution in [0.2, 0.25) is 0 Å². The van der Waals surface area contributed by atoms with Gasteiger partial charge in [-0.25, -0.2) is 9.18 Å². The smallest absolute Gasteiger partial charge is 0.327 e. The zero-order chi connectivity index (χ0) is 13.8. The number of aryl methyl sites for hydroxylation is 1. The SMILES string of the molecule is CCOC(=O)C(NCC1CC1)c1ccc(F)c(C)c1. The summed E-state index contributed by atoms with van der Waals surface area (Å²) in [6.07, 6.45) is 2.43. The van der Waals surface area contributed by atoms with Crippen LogP contribution in [0.15, 0.2) is 18.2 Å². The molecule has 0 heterocycles. The maximum absolute atomic E-state index is 13.3. The number of benzene rings is 1. The van der Waals surface area contributed by atoms with Crippen molar-refractivity contribution in [3.8, 4) is 0 Å². The van der Waals surface area contributed by atoms with Crippen molar-refractivity contribution in [3.63, 3.8) is 0 Å². The Bertz CT molecular complexity index is 457. The normalized spacial score (nSPS) is 16.2. The number of halogens is 1. The first-order valence-electron chi connectivity index (χ1n) is 6.78. The highest BCUT2D eigenvalue weighted by atomic mass is 19.1. The van der Waals surface area contributed by atoms with Crippen molar-refractivity contribution in [2.45, 2.75) is 32.7 Å². The monoisotopic (exact) mass is 265 g/mol. The van der Waals surface area contributed by atoms with Crippen molar-refractivity contribution >= 4 is 5.97 Å². The van der Waals surface area contributed by atoms with Crippen LogP contribution in [0.1, 0.15) is 36.9 Å². The van der Waals surface area contributed by atoms with Gasteiger partial charge in [-0.3, -0.25) is 0 Å². The molecule has 0 aliphatic heterocycles. The lowest BCUT2D eigenvalue weighted by Crippen LogP contribution is -2.31. The summed E-state index contributed by atoms with van der Waals surface area (Å²) < 4.78 is 18.4. The van der Waals surface area contributed by atoms with E-state index in [1.165, 1.54) is 18.9 Å². The van der Waals surface area contributed by atoms with Gasteiger partial charge in [0.1, 0.15) is 11.9 Å². The van der Waals surface area contributed by atoms with E-state index in [4.69, 9.17) is 4.74 Å². The molecule has 1 aliphatic rings. The van der Waals surface area contributed by atoms with Gasteiger partial charge in [0.2, 0.25) is 0 Å². The van der Waals surface area contributed by atoms with Crippen LogP contribution >= 0.6 is 0 Å². The summed E-state index contributed by atoms with van der Waals surface area (Å²) in [7, 11) is 0. The minimum Gasteiger partial charge on any atom is -0.465 e. The van der Waals surface area contributed by atoms with E-state index in [2.05, 4.69) is 5.32 Å². The van der Waals surface area contributed by atoms with Gasteiger partial charge in [-0.05, 0) is 56.3 Å². The topological polar surface area (TPSA) is 38.3 Å². The summed E-state index contributed by atoms with van der Waals surface area (Å²) in [5.74, 6) is 0.112. The quantitative estimate of drug-likeness (QED) is 0.804. The highest BCUT2D eigenvalue weighted by Crippen LogP contribution is 2.29. The molecule has 1 aromatic rings. The lowest BCUT2D eigenvalue weighted by Gasteiger charge is -2.18. The van der Waals surface area contributed by atoms with Crippen LogP contribution in [0.25, 0.3) is 0 Å². The Morgan fingerprint density at radius 3 is 2.84 bits per heavy atom. The minimum absolute atomic E-state index is 0.256. The van der Waals surface area contributed by atoms with E-state index in [0.29, 0.717) is 18.1 Å². The van der Waals surface area contributed by atoms with Crippen molar-refractivity contribution in [2.24, 2.45) is 5.92 Å². The number of hydrogen-bond donors (Lipinski definition) is 1. The van der Waals surface area contributed by atoms with Gasteiger partial charge < -0.3 is 10.1 Å². The highest BCUT2D eigenvalue weighted by molar-refractivity contribution is 5.77. The second kappa shape index (κ2) is 6.15. The fourth-order valence-electron chi connectivity index (χ4n) is 2.02. The summed E-state index contributed by atoms with van der Waals surface area (Å²) >= 11 is 0. The third-order valence-corrected chi connectivity index (χ3v) is 3.35. The van der Waals surface area contributed by atoms with Gasteiger partial charge >= 0.3 is 5.97 Å². The molecular weight excluding hydrogens is 245 g/mol. The number of esters is 1. The van der Waals surface area contributed by atoms with Gasteiger partial charge in [-0.15, -0.1) is 0 Å². The first-order valence-corrected chi connectivity index (χ1v) is 6.78. The van der Waals surface area contributed by atoms with Gasteiger partial charge in [0.05, 0.1) is 6.61 Å². The molecular formula is C15H20FNO2. The molecule has 104 valence electrons. The fraction of sp³-hybridized carbons (Fsp3) is 0.533. The average molecular weight is 265 g/mol. The molecule has 0 radical (unpaired) electrons. The Labute approximate surface area is 113 Å². The minimum atomic E-state index is -0.500. The predicted octanol–water partition coefficient (Wildman–Crippen LogP) is 2.74. The Balaban J connectivity index is 2.13. The van der Waals surface area contributed by atoms with Crippen molar-refractivity contribution in [3.05, 3.63) is 35.1 Å². The Hall–Kier alpha value is -1.42. The van der Waals surface area contributed by atoms with E-state index < -0.39 is 6.04 Å². The first kappa shape index (κ1) is 14.0. The molecule has 1 aliphatic carbocycles. The molecule has 0 aromatic heterocycles. The van der Waals surface area contributed by atoms with Gasteiger partial charge in [0.15, 0.2) is 0 Å². The number of rotatable bonds is 6. The van der Waals surface area contributed by atoms with Crippen LogP contribution in [0, 0.1) is 18.7 Å². The molecule has 0 spiro atoms. The number of hydrogen-bond acceptors (Lipinski definition) is 3. The molecule has 0 amide bonds. The molecule has 1 fully saturated rings. The van der Waals surface area contributed by atoms with E-state index in [1.54, 1.807) is 26.0 Å². The number of nitrogens with one attached hydrogen (secondary N) is 1. The summed E-state index contributed by atoms with van der Waals surface area (Å²) in [6, 6.07) is 4.25. The van der Waals surface area contributed by atoms with E-state index in [0.717, 1.165) is 12.1 Å². The molecule has 1 atom stereocenters. The number of carbonyl (C=O) groups is 1. The van der Waals surface area contributed by atoms with Crippen LogP contribution in [0.3, 0.4) is 0 Å². The van der Waals surface area contributed by atoms with Gasteiger partial charge in [0, 0.05) is 0 Å². The van der Waals surface area contributed by atoms with Crippen molar-refractivity contribution in [2.75, 3.05) is 13.2 Å². The van der Waals surface area contributed by atoms with Crippen molar-refractivity contribution in [1.82, 2.24) is 5.32 Å². The van der Waals surface area contributed by atoms with E-state index in [1.807, 2.05) is 0 Å². The Morgan fingerprint density at radius 2 is 2.26 bits per heavy atom. The third-order valence-electron chi connectivity index (χ3n) is 3.35. The lowest BCUT2D eigenvalue weighted by atomic mass is 10.0. The summed E-state index contributed by atoms with van der Waals surface area (Å²) in [6.45, 7) is 4.63. The molecule has 0 saturated heterocycles. The molecule has 3 nitrogen and oxygen atoms in total. The Kier molecular flexibility index (Phi) is 4.53. The maximum Gasteiger partial charge on any atom is 0.327 e. The molecule has 0 bridgehead atoms. The fourth-order valence-corrected chi connectivity index (χ4v) is 2.02. The first-order chi connectivity index (χ1) is 9.11. The summed E-state index contributed by atoms with van der Waals surface area (Å²) in [5.41, 5.74) is 1.30. The zero-order valence-corrected chi connectivity index (χ0v) is 11.4. The molecule has 1 N–H and O–H groups in total. The summed E-state index contributed by atoms with van der Waals surface area (Å²) in [4.78, 5) is 12.0. The van der Waals surface area contributed by atoms with Crippen LogP contribution in [-0.4, -0.2) is 19.1 Å². The van der Waals surface area contributed by atoms with Gasteiger partial charge in [-0.2, -0.15) is 0 Å². The largest absolute Gasteiger partial charge is 0.465 e. The van der Waals surface area contributed by atoms with E-state index in [-0.39, 0.29) is 11.8 Å². The van der Waals surface area contributed by atoms with Gasteiger partial charge in [0.25, 0.3) is 0 Å². The summed E-state index contributed by atoms with van der Waals surface area (Å²) in [5, 5.41) is 3.23. The van der Waals surface area contributed by atoms with Crippen molar-refractivity contribution < 1.29 is 13.9 Å². The van der Waals surface area contributed by atoms with E-state index in [9.17, 15) is 9.18 Å². The van der Waals surface area contributed by atoms with Crippen LogP contribution < -0.4 is 5.32 Å². The second-order valence-electron chi connectivity index (χ2n) is 5.05. The molecule has 19 heavy (non-hydrogen) atoms. The standard InChI is InChI=1S/C15H20FNO2/c1-3-19-15(18)14(17-9-11-4-5-11)12-6-7-13(16)10(2)8-12/h6-8,11,14,17H,3-5,9H2,1-2H3. The lowest BCUT2D eigenvalue weighted by molar-refractivity contribution is -0.145. The molecule has 1 unspecified atom stereocenters. The second-order valence-corrected chi connectivity index (χ2v) is 5.05. The van der Waals surface area contributed by atoms with Crippen molar-refractivity contribution in [1.29, 1.82) is 0 Å². The number of carbonyl (C=O) groups excluding carboxylic acids is 1. The Morgan fingerprint density at radius 1 is 1.53 bits per heavy atom. The average Bonchev–Trinajstić information content (AvgIpc) is 3.18. The highest BCUT2D eigenvalue weighted by Gasteiger charge is 2.27. The predicted molar refractivity (Wildman–Crippen MR) is 71.2 cm³/mol. The van der Waals surface area contributed by atoms with Gasteiger partial charge in [-0.1, -0.05) is 12.1 Å². The zero-order valence-electron chi connectivity index (χ0n) is 11.4. The molecule has 1 saturated carbocycles. The molecule has 2 rings (SSSR count). The molecule has 4 heteroatoms. The van der Waals surface area contributed by atoms with E-state index >= 15 is 0 Å². The maximum atomic E-state index is 13.3. The van der Waals surface area contributed by atoms with Crippen LogP contribution in [0.5, 0.6) is 0 Å². The molecule has 1 aromatic carbocycles. The van der Waals surface area contributed by atoms with Crippen LogP contribution in [0.4, 0.5) is 4.39 Å².